The number of anilines is 2. The van der Waals surface area contributed by atoms with E-state index in [1.165, 1.54) is 0 Å². The fourth-order valence-electron chi connectivity index (χ4n) is 4.15. The predicted octanol–water partition coefficient (Wildman–Crippen LogP) is 2.38. The highest BCUT2D eigenvalue weighted by Crippen LogP contribution is 2.34. The summed E-state index contributed by atoms with van der Waals surface area (Å²) in [5.74, 6) is 0.104. The Morgan fingerprint density at radius 1 is 1.03 bits per heavy atom. The van der Waals surface area contributed by atoms with Crippen LogP contribution >= 0.6 is 0 Å². The second-order valence-electron chi connectivity index (χ2n) is 10.4. The largest absolute Gasteiger partial charge is 0.444 e. The highest BCUT2D eigenvalue weighted by molar-refractivity contribution is 5.78. The highest BCUT2D eigenvalue weighted by atomic mass is 19.4. The van der Waals surface area contributed by atoms with Crippen LogP contribution in [-0.4, -0.2) is 102 Å². The smallest absolute Gasteiger partial charge is 0.433 e. The Morgan fingerprint density at radius 2 is 1.67 bits per heavy atom. The molecule has 0 N–H and O–H groups in total. The van der Waals surface area contributed by atoms with E-state index >= 15 is 0 Å². The normalized spacial score (nSPS) is 21.2. The predicted molar refractivity (Wildman–Crippen MR) is 125 cm³/mol. The molecule has 1 aromatic heterocycles. The van der Waals surface area contributed by atoms with Crippen molar-refractivity contribution in [2.24, 2.45) is 0 Å². The zero-order chi connectivity index (χ0) is 26.3. The average Bonchev–Trinajstić information content (AvgIpc) is 2.75. The number of ether oxygens (including phenoxy) is 2. The highest BCUT2D eigenvalue weighted by Gasteiger charge is 2.38. The number of carbonyl (C=O) groups excluding carboxylic acids is 2. The maximum absolute atomic E-state index is 13.4. The van der Waals surface area contributed by atoms with E-state index in [1.54, 1.807) is 40.4 Å². The summed E-state index contributed by atoms with van der Waals surface area (Å²) < 4.78 is 51.2. The van der Waals surface area contributed by atoms with Gasteiger partial charge in [0.15, 0.2) is 5.69 Å². The molecule has 13 heteroatoms. The maximum Gasteiger partial charge on any atom is 0.433 e. The molecule has 0 saturated carbocycles. The van der Waals surface area contributed by atoms with Crippen molar-refractivity contribution < 1.29 is 32.2 Å². The summed E-state index contributed by atoms with van der Waals surface area (Å²) in [5.41, 5.74) is -1.55. The first-order valence-electron chi connectivity index (χ1n) is 12.2. The minimum absolute atomic E-state index is 0.0867. The summed E-state index contributed by atoms with van der Waals surface area (Å²) in [6.07, 6.45) is -4.36. The van der Waals surface area contributed by atoms with Gasteiger partial charge in [0, 0.05) is 57.9 Å². The Labute approximate surface area is 208 Å². The summed E-state index contributed by atoms with van der Waals surface area (Å²) in [5, 5.41) is 0. The average molecular weight is 515 g/mol. The first-order valence-corrected chi connectivity index (χ1v) is 12.2. The first kappa shape index (κ1) is 26.2. The molecule has 1 atom stereocenters. The van der Waals surface area contributed by atoms with Gasteiger partial charge < -0.3 is 29.1 Å². The molecule has 36 heavy (non-hydrogen) atoms. The third-order valence-electron chi connectivity index (χ3n) is 6.47. The molecular formula is C23H33F3N6O4. The van der Waals surface area contributed by atoms with E-state index in [0.717, 1.165) is 12.5 Å². The van der Waals surface area contributed by atoms with Crippen LogP contribution in [0.2, 0.25) is 0 Å². The van der Waals surface area contributed by atoms with Crippen LogP contribution in [-0.2, 0) is 20.4 Å². The molecule has 4 heterocycles. The number of carbonyl (C=O) groups is 2. The van der Waals surface area contributed by atoms with E-state index in [0.29, 0.717) is 45.8 Å². The van der Waals surface area contributed by atoms with Crippen molar-refractivity contribution in [3.05, 3.63) is 11.8 Å². The van der Waals surface area contributed by atoms with E-state index in [9.17, 15) is 22.8 Å². The van der Waals surface area contributed by atoms with Crippen molar-refractivity contribution >= 4 is 23.8 Å². The van der Waals surface area contributed by atoms with Crippen LogP contribution in [0.5, 0.6) is 0 Å². The lowest BCUT2D eigenvalue weighted by atomic mass is 10.1. The number of hydrogen-bond acceptors (Lipinski definition) is 8. The van der Waals surface area contributed by atoms with Gasteiger partial charge in [-0.25, -0.2) is 9.78 Å². The van der Waals surface area contributed by atoms with Crippen molar-refractivity contribution in [1.82, 2.24) is 19.8 Å². The Bertz CT molecular complexity index is 972. The monoisotopic (exact) mass is 514 g/mol. The zero-order valence-corrected chi connectivity index (χ0v) is 21.0. The molecule has 3 aliphatic rings. The maximum atomic E-state index is 13.4. The van der Waals surface area contributed by atoms with Crippen molar-refractivity contribution in [3.63, 3.8) is 0 Å². The Morgan fingerprint density at radius 3 is 2.19 bits per heavy atom. The van der Waals surface area contributed by atoms with E-state index in [4.69, 9.17) is 9.47 Å². The molecule has 0 bridgehead atoms. The number of piperazine rings is 1. The van der Waals surface area contributed by atoms with Gasteiger partial charge in [-0.15, -0.1) is 0 Å². The lowest BCUT2D eigenvalue weighted by Gasteiger charge is -2.42. The molecule has 0 aromatic carbocycles. The molecule has 200 valence electrons. The lowest BCUT2D eigenvalue weighted by Crippen LogP contribution is -2.55. The van der Waals surface area contributed by atoms with Crippen LogP contribution in [0.15, 0.2) is 6.07 Å². The van der Waals surface area contributed by atoms with Gasteiger partial charge in [0.2, 0.25) is 11.9 Å². The van der Waals surface area contributed by atoms with E-state index in [2.05, 4.69) is 9.97 Å². The van der Waals surface area contributed by atoms with Crippen LogP contribution in [0.3, 0.4) is 0 Å². The fraction of sp³-hybridized carbons (Fsp3) is 0.739. The molecule has 1 aromatic rings. The molecule has 0 unspecified atom stereocenters. The van der Waals surface area contributed by atoms with Gasteiger partial charge in [-0.05, 0) is 34.1 Å². The summed E-state index contributed by atoms with van der Waals surface area (Å²) in [7, 11) is 0. The summed E-state index contributed by atoms with van der Waals surface area (Å²) in [6, 6.07) is 1.06. The van der Waals surface area contributed by atoms with Crippen molar-refractivity contribution in [2.75, 3.05) is 62.2 Å². The summed E-state index contributed by atoms with van der Waals surface area (Å²) in [6.45, 7) is 10.0. The second-order valence-corrected chi connectivity index (χ2v) is 10.4. The van der Waals surface area contributed by atoms with Crippen LogP contribution in [0, 0.1) is 0 Å². The zero-order valence-electron chi connectivity index (χ0n) is 21.0. The quantitative estimate of drug-likeness (QED) is 0.592. The first-order chi connectivity index (χ1) is 16.8. The number of aromatic nitrogens is 2. The number of halogens is 3. The molecule has 3 fully saturated rings. The van der Waals surface area contributed by atoms with E-state index < -0.39 is 23.6 Å². The second kappa shape index (κ2) is 9.91. The van der Waals surface area contributed by atoms with Gasteiger partial charge in [0.25, 0.3) is 0 Å². The van der Waals surface area contributed by atoms with Crippen LogP contribution in [0.25, 0.3) is 0 Å². The Kier molecular flexibility index (Phi) is 7.22. The number of nitrogens with zero attached hydrogens (tertiary/aromatic N) is 6. The SMILES string of the molecule is C[C@H]1CCN1c1nc(N2CC(OCC(=O)N3CCN(C(=O)OC(C)(C)C)CC3)C2)cc(C(F)(F)F)n1. The minimum Gasteiger partial charge on any atom is -0.444 e. The van der Waals surface area contributed by atoms with Gasteiger partial charge in [-0.3, -0.25) is 4.79 Å². The van der Waals surface area contributed by atoms with Crippen LogP contribution in [0.1, 0.15) is 39.8 Å². The van der Waals surface area contributed by atoms with E-state index in [-0.39, 0.29) is 36.4 Å². The number of rotatable bonds is 5. The summed E-state index contributed by atoms with van der Waals surface area (Å²) in [4.78, 5) is 39.5. The third kappa shape index (κ3) is 6.11. The molecule has 4 rings (SSSR count). The Hall–Kier alpha value is -2.83. The molecule has 3 aliphatic heterocycles. The third-order valence-corrected chi connectivity index (χ3v) is 6.47. The van der Waals surface area contributed by atoms with Crippen LogP contribution < -0.4 is 9.80 Å². The topological polar surface area (TPSA) is 91.3 Å². The van der Waals surface area contributed by atoms with Crippen molar-refractivity contribution in [1.29, 1.82) is 0 Å². The molecule has 0 aliphatic carbocycles. The van der Waals surface area contributed by atoms with Gasteiger partial charge in [-0.2, -0.15) is 18.2 Å². The number of hydrogen-bond donors (Lipinski definition) is 0. The molecule has 3 saturated heterocycles. The van der Waals surface area contributed by atoms with Crippen molar-refractivity contribution in [2.45, 2.75) is 58.0 Å². The minimum atomic E-state index is -4.57. The van der Waals surface area contributed by atoms with E-state index in [1.807, 2.05) is 6.92 Å². The van der Waals surface area contributed by atoms with Gasteiger partial charge >= 0.3 is 12.3 Å². The lowest BCUT2D eigenvalue weighted by molar-refractivity contribution is -0.141. The van der Waals surface area contributed by atoms with Gasteiger partial charge in [0.05, 0.1) is 6.10 Å². The molecule has 0 spiro atoms. The summed E-state index contributed by atoms with van der Waals surface area (Å²) >= 11 is 0. The van der Waals surface area contributed by atoms with Crippen LogP contribution in [0.4, 0.5) is 29.7 Å². The molecular weight excluding hydrogens is 481 g/mol. The van der Waals surface area contributed by atoms with Gasteiger partial charge in [0.1, 0.15) is 18.0 Å². The number of alkyl halides is 3. The molecule has 2 amide bonds. The standard InChI is InChI=1S/C23H33F3N6O4/c1-15-5-6-32(15)20-27-17(23(24,25)26)11-18(28-20)31-12-16(13-31)35-14-19(33)29-7-9-30(10-8-29)21(34)36-22(2,3)4/h11,15-16H,5-10,12-14H2,1-4H3/t15-/m0/s1. The number of amides is 2. The van der Waals surface area contributed by atoms with Crippen molar-refractivity contribution in [3.8, 4) is 0 Å². The fourth-order valence-corrected chi connectivity index (χ4v) is 4.15. The molecule has 0 radical (unpaired) electrons. The Balaban J connectivity index is 1.24. The molecule has 10 nitrogen and oxygen atoms in total. The van der Waals surface area contributed by atoms with Gasteiger partial charge in [-0.1, -0.05) is 0 Å².